The Hall–Kier alpha value is -1.56. The molecule has 0 atom stereocenters. The molecule has 18 heavy (non-hydrogen) atoms. The molecule has 0 saturated carbocycles. The Morgan fingerprint density at radius 3 is 3.06 bits per heavy atom. The number of aromatic nitrogens is 1. The van der Waals surface area contributed by atoms with Crippen LogP contribution >= 0.6 is 11.8 Å². The van der Waals surface area contributed by atoms with Crippen LogP contribution in [0, 0.1) is 0 Å². The van der Waals surface area contributed by atoms with Crippen LogP contribution in [-0.2, 0) is 0 Å². The number of nitrogens with one attached hydrogen (secondary N) is 2. The Bertz CT molecular complexity index is 576. The molecule has 6 heteroatoms. The predicted octanol–water partition coefficient (Wildman–Crippen LogP) is 2.26. The highest BCUT2D eigenvalue weighted by molar-refractivity contribution is 7.98. The third-order valence-electron chi connectivity index (χ3n) is 2.68. The first-order valence-electron chi connectivity index (χ1n) is 5.86. The van der Waals surface area contributed by atoms with Gasteiger partial charge in [-0.1, -0.05) is 0 Å². The molecule has 5 nitrogen and oxygen atoms in total. The lowest BCUT2D eigenvalue weighted by molar-refractivity contribution is 0.555. The second-order valence-corrected chi connectivity index (χ2v) is 5.06. The fourth-order valence-corrected chi connectivity index (χ4v) is 2.25. The van der Waals surface area contributed by atoms with E-state index in [1.807, 2.05) is 17.8 Å². The molecule has 0 aliphatic heterocycles. The zero-order valence-corrected chi connectivity index (χ0v) is 11.1. The lowest BCUT2D eigenvalue weighted by Gasteiger charge is -2.08. The van der Waals surface area contributed by atoms with E-state index in [1.165, 1.54) is 12.2 Å². The van der Waals surface area contributed by atoms with Crippen LogP contribution in [0.2, 0.25) is 0 Å². The molecule has 0 unspecified atom stereocenters. The molecule has 2 aromatic rings. The van der Waals surface area contributed by atoms with Crippen LogP contribution in [0.5, 0.6) is 0 Å². The van der Waals surface area contributed by atoms with E-state index in [9.17, 15) is 4.79 Å². The lowest BCUT2D eigenvalue weighted by atomic mass is 10.2. The Morgan fingerprint density at radius 2 is 2.28 bits per heavy atom. The van der Waals surface area contributed by atoms with Gasteiger partial charge >= 0.3 is 5.76 Å². The molecular weight excluding hydrogens is 250 g/mol. The molecular formula is C12H17N3O2S. The van der Waals surface area contributed by atoms with E-state index in [2.05, 4.69) is 16.6 Å². The standard InChI is InChI=1S/C12H17N3O2S/c1-18-5-3-2-4-14-9-7-10-11(6-8(9)13)17-12(16)15-10/h6-7,14H,2-5,13H2,1H3,(H,15,16). The van der Waals surface area contributed by atoms with Crippen molar-refractivity contribution in [1.82, 2.24) is 4.98 Å². The first-order valence-corrected chi connectivity index (χ1v) is 7.25. The van der Waals surface area contributed by atoms with Crippen LogP contribution in [0.15, 0.2) is 21.3 Å². The van der Waals surface area contributed by atoms with Crippen molar-refractivity contribution in [3.05, 3.63) is 22.7 Å². The van der Waals surface area contributed by atoms with E-state index in [1.54, 1.807) is 6.07 Å². The summed E-state index contributed by atoms with van der Waals surface area (Å²) in [5, 5.41) is 3.28. The normalized spacial score (nSPS) is 10.9. The summed E-state index contributed by atoms with van der Waals surface area (Å²) in [6, 6.07) is 3.47. The molecule has 98 valence electrons. The van der Waals surface area contributed by atoms with Crippen molar-refractivity contribution in [1.29, 1.82) is 0 Å². The second-order valence-electron chi connectivity index (χ2n) is 4.08. The molecule has 1 aromatic carbocycles. The highest BCUT2D eigenvalue weighted by atomic mass is 32.2. The van der Waals surface area contributed by atoms with Crippen molar-refractivity contribution in [2.24, 2.45) is 0 Å². The topological polar surface area (TPSA) is 84.0 Å². The molecule has 0 amide bonds. The number of anilines is 2. The minimum absolute atomic E-state index is 0.457. The average molecular weight is 267 g/mol. The van der Waals surface area contributed by atoms with Gasteiger partial charge in [0.1, 0.15) is 0 Å². The van der Waals surface area contributed by atoms with Gasteiger partial charge in [-0.2, -0.15) is 11.8 Å². The van der Waals surface area contributed by atoms with Gasteiger partial charge in [-0.25, -0.2) is 4.79 Å². The van der Waals surface area contributed by atoms with Gasteiger partial charge < -0.3 is 15.5 Å². The second kappa shape index (κ2) is 5.86. The van der Waals surface area contributed by atoms with Crippen molar-refractivity contribution >= 4 is 34.2 Å². The van der Waals surface area contributed by atoms with Gasteiger partial charge in [0, 0.05) is 12.6 Å². The third kappa shape index (κ3) is 3.01. The summed E-state index contributed by atoms with van der Waals surface area (Å²) in [4.78, 5) is 13.7. The molecule has 0 aliphatic carbocycles. The summed E-state index contributed by atoms with van der Waals surface area (Å²) >= 11 is 1.85. The molecule has 0 fully saturated rings. The minimum atomic E-state index is -0.457. The van der Waals surface area contributed by atoms with Gasteiger partial charge in [-0.15, -0.1) is 0 Å². The number of rotatable bonds is 6. The maximum atomic E-state index is 11.1. The van der Waals surface area contributed by atoms with E-state index in [-0.39, 0.29) is 0 Å². The summed E-state index contributed by atoms with van der Waals surface area (Å²) in [5.74, 6) is 0.715. The number of nitrogen functional groups attached to an aromatic ring is 1. The van der Waals surface area contributed by atoms with E-state index in [0.717, 1.165) is 18.7 Å². The number of unbranched alkanes of at least 4 members (excludes halogenated alkanes) is 1. The summed E-state index contributed by atoms with van der Waals surface area (Å²) in [6.07, 6.45) is 4.38. The van der Waals surface area contributed by atoms with Crippen LogP contribution in [0.4, 0.5) is 11.4 Å². The first-order chi connectivity index (χ1) is 8.70. The fraction of sp³-hybridized carbons (Fsp3) is 0.417. The molecule has 1 heterocycles. The third-order valence-corrected chi connectivity index (χ3v) is 3.38. The maximum absolute atomic E-state index is 11.1. The quantitative estimate of drug-likeness (QED) is 0.552. The van der Waals surface area contributed by atoms with Crippen molar-refractivity contribution in [3.63, 3.8) is 0 Å². The van der Waals surface area contributed by atoms with Gasteiger partial charge in [0.15, 0.2) is 5.58 Å². The molecule has 0 radical (unpaired) electrons. The van der Waals surface area contributed by atoms with Crippen LogP contribution in [-0.4, -0.2) is 23.5 Å². The highest BCUT2D eigenvalue weighted by Crippen LogP contribution is 2.24. The molecule has 2 rings (SSSR count). The number of fused-ring (bicyclic) bond motifs is 1. The number of hydrogen-bond acceptors (Lipinski definition) is 5. The van der Waals surface area contributed by atoms with Crippen molar-refractivity contribution in [3.8, 4) is 0 Å². The van der Waals surface area contributed by atoms with E-state index >= 15 is 0 Å². The van der Waals surface area contributed by atoms with Crippen LogP contribution in [0.1, 0.15) is 12.8 Å². The Morgan fingerprint density at radius 1 is 1.44 bits per heavy atom. The number of benzene rings is 1. The molecule has 0 saturated heterocycles. The van der Waals surface area contributed by atoms with Crippen molar-refractivity contribution in [2.75, 3.05) is 29.6 Å². The number of aromatic amines is 1. The molecule has 1 aromatic heterocycles. The van der Waals surface area contributed by atoms with Crippen LogP contribution in [0.25, 0.3) is 11.1 Å². The predicted molar refractivity (Wildman–Crippen MR) is 77.4 cm³/mol. The van der Waals surface area contributed by atoms with E-state index < -0.39 is 5.76 Å². The fourth-order valence-electron chi connectivity index (χ4n) is 1.76. The average Bonchev–Trinajstić information content (AvgIpc) is 2.68. The van der Waals surface area contributed by atoms with E-state index in [0.29, 0.717) is 16.8 Å². The smallest absolute Gasteiger partial charge is 0.408 e. The zero-order chi connectivity index (χ0) is 13.0. The number of H-pyrrole nitrogens is 1. The Kier molecular flexibility index (Phi) is 4.19. The highest BCUT2D eigenvalue weighted by Gasteiger charge is 2.06. The summed E-state index contributed by atoms with van der Waals surface area (Å²) in [7, 11) is 0. The largest absolute Gasteiger partial charge is 0.417 e. The summed E-state index contributed by atoms with van der Waals surface area (Å²) in [6.45, 7) is 0.873. The molecule has 0 bridgehead atoms. The Balaban J connectivity index is 2.03. The monoisotopic (exact) mass is 267 g/mol. The number of nitrogens with two attached hydrogens (primary N) is 1. The first kappa shape index (κ1) is 12.9. The number of thioether (sulfide) groups is 1. The minimum Gasteiger partial charge on any atom is -0.408 e. The summed E-state index contributed by atoms with van der Waals surface area (Å²) in [5.41, 5.74) is 8.48. The number of oxazole rings is 1. The molecule has 4 N–H and O–H groups in total. The lowest BCUT2D eigenvalue weighted by Crippen LogP contribution is -2.04. The summed E-state index contributed by atoms with van der Waals surface area (Å²) < 4.78 is 4.94. The van der Waals surface area contributed by atoms with Crippen LogP contribution < -0.4 is 16.8 Å². The van der Waals surface area contributed by atoms with Gasteiger partial charge in [-0.05, 0) is 30.9 Å². The van der Waals surface area contributed by atoms with Crippen molar-refractivity contribution < 1.29 is 4.42 Å². The van der Waals surface area contributed by atoms with Crippen molar-refractivity contribution in [2.45, 2.75) is 12.8 Å². The van der Waals surface area contributed by atoms with Gasteiger partial charge in [0.2, 0.25) is 0 Å². The van der Waals surface area contributed by atoms with E-state index in [4.69, 9.17) is 10.2 Å². The maximum Gasteiger partial charge on any atom is 0.417 e. The Labute approximate surface area is 109 Å². The SMILES string of the molecule is CSCCCCNc1cc2[nH]c(=O)oc2cc1N. The number of hydrogen-bond donors (Lipinski definition) is 3. The van der Waals surface area contributed by atoms with Gasteiger partial charge in [0.25, 0.3) is 0 Å². The van der Waals surface area contributed by atoms with Crippen LogP contribution in [0.3, 0.4) is 0 Å². The van der Waals surface area contributed by atoms with Gasteiger partial charge in [-0.3, -0.25) is 4.98 Å². The molecule has 0 spiro atoms. The zero-order valence-electron chi connectivity index (χ0n) is 10.3. The van der Waals surface area contributed by atoms with Gasteiger partial charge in [0.05, 0.1) is 16.9 Å². The molecule has 0 aliphatic rings.